The minimum Gasteiger partial charge on any atom is -0.496 e. The number of para-hydroxylation sites is 1. The summed E-state index contributed by atoms with van der Waals surface area (Å²) >= 11 is 0. The normalized spacial score (nSPS) is 12.1. The molecule has 0 amide bonds. The zero-order valence-electron chi connectivity index (χ0n) is 17.5. The monoisotopic (exact) mass is 513 g/mol. The lowest BCUT2D eigenvalue weighted by molar-refractivity contribution is 0.179. The molecule has 0 saturated carbocycles. The lowest BCUT2D eigenvalue weighted by Gasteiger charge is -2.17. The zero-order valence-corrected chi connectivity index (χ0v) is 19.8. The number of hydrogen-bond acceptors (Lipinski definition) is 4. The van der Waals surface area contributed by atoms with Gasteiger partial charge in [0.15, 0.2) is 5.96 Å². The van der Waals surface area contributed by atoms with Crippen molar-refractivity contribution in [3.05, 3.63) is 59.7 Å². The van der Waals surface area contributed by atoms with Crippen LogP contribution in [-0.4, -0.2) is 37.4 Å². The van der Waals surface area contributed by atoms with Gasteiger partial charge in [-0.25, -0.2) is 4.99 Å². The summed E-state index contributed by atoms with van der Waals surface area (Å²) in [5, 5.41) is 16.9. The van der Waals surface area contributed by atoms with Gasteiger partial charge in [-0.05, 0) is 44.5 Å². The molecule has 0 aliphatic rings. The number of nitrogens with one attached hydrogen (secondary N) is 2. The summed E-state index contributed by atoms with van der Waals surface area (Å²) in [7, 11) is 1.65. The number of methoxy groups -OCH3 is 1. The molecule has 0 saturated heterocycles. The SMILES string of the molecule is CCNC(=NCc1ccccc1OC)NCC(O)c1cccc(OC(C)C)c1.I. The van der Waals surface area contributed by atoms with Crippen molar-refractivity contribution < 1.29 is 14.6 Å². The van der Waals surface area contributed by atoms with E-state index in [0.29, 0.717) is 19.0 Å². The minimum absolute atomic E-state index is 0. The Labute approximate surface area is 190 Å². The third-order valence-electron chi connectivity index (χ3n) is 4.02. The van der Waals surface area contributed by atoms with Gasteiger partial charge in [-0.2, -0.15) is 0 Å². The van der Waals surface area contributed by atoms with E-state index < -0.39 is 6.10 Å². The van der Waals surface area contributed by atoms with Crippen LogP contribution in [0.15, 0.2) is 53.5 Å². The van der Waals surface area contributed by atoms with Gasteiger partial charge in [-0.3, -0.25) is 0 Å². The third-order valence-corrected chi connectivity index (χ3v) is 4.02. The second kappa shape index (κ2) is 13.3. The number of aliphatic hydroxyl groups is 1. The summed E-state index contributed by atoms with van der Waals surface area (Å²) in [6, 6.07) is 15.3. The molecule has 29 heavy (non-hydrogen) atoms. The Morgan fingerprint density at radius 3 is 2.55 bits per heavy atom. The standard InChI is InChI=1S/C22H31N3O3.HI/c1-5-23-22(24-14-18-9-6-7-12-21(18)27-4)25-15-20(26)17-10-8-11-19(13-17)28-16(2)3;/h6-13,16,20,26H,5,14-15H2,1-4H3,(H2,23,24,25);1H. The van der Waals surface area contributed by atoms with Crippen molar-refractivity contribution in [2.45, 2.75) is 39.5 Å². The first-order valence-electron chi connectivity index (χ1n) is 9.62. The summed E-state index contributed by atoms with van der Waals surface area (Å²) < 4.78 is 11.1. The Bertz CT molecular complexity index is 768. The smallest absolute Gasteiger partial charge is 0.191 e. The highest BCUT2D eigenvalue weighted by Gasteiger charge is 2.10. The number of guanidine groups is 1. The molecule has 2 rings (SSSR count). The van der Waals surface area contributed by atoms with Crippen molar-refractivity contribution in [2.24, 2.45) is 4.99 Å². The van der Waals surface area contributed by atoms with E-state index in [1.165, 1.54) is 0 Å². The van der Waals surface area contributed by atoms with E-state index in [1.54, 1.807) is 7.11 Å². The molecule has 3 N–H and O–H groups in total. The van der Waals surface area contributed by atoms with Crippen molar-refractivity contribution >= 4 is 29.9 Å². The molecular weight excluding hydrogens is 481 g/mol. The topological polar surface area (TPSA) is 75.1 Å². The van der Waals surface area contributed by atoms with Gasteiger partial charge in [0.2, 0.25) is 0 Å². The molecule has 2 aromatic carbocycles. The molecule has 0 spiro atoms. The number of hydrogen-bond donors (Lipinski definition) is 3. The first-order chi connectivity index (χ1) is 13.5. The van der Waals surface area contributed by atoms with Gasteiger partial charge in [0.05, 0.1) is 25.9 Å². The fraction of sp³-hybridized carbons (Fsp3) is 0.409. The van der Waals surface area contributed by atoms with Crippen LogP contribution in [0.4, 0.5) is 0 Å². The predicted octanol–water partition coefficient (Wildman–Crippen LogP) is 3.89. The average molecular weight is 513 g/mol. The van der Waals surface area contributed by atoms with Gasteiger partial charge >= 0.3 is 0 Å². The van der Waals surface area contributed by atoms with Gasteiger partial charge in [0.25, 0.3) is 0 Å². The first-order valence-corrected chi connectivity index (χ1v) is 9.62. The Kier molecular flexibility index (Phi) is 11.5. The van der Waals surface area contributed by atoms with Crippen LogP contribution < -0.4 is 20.1 Å². The van der Waals surface area contributed by atoms with Crippen LogP contribution in [0.2, 0.25) is 0 Å². The average Bonchev–Trinajstić information content (AvgIpc) is 2.69. The highest BCUT2D eigenvalue weighted by molar-refractivity contribution is 14.0. The fourth-order valence-electron chi connectivity index (χ4n) is 2.72. The largest absolute Gasteiger partial charge is 0.496 e. The van der Waals surface area contributed by atoms with E-state index >= 15 is 0 Å². The van der Waals surface area contributed by atoms with Crippen LogP contribution in [0.3, 0.4) is 0 Å². The maximum atomic E-state index is 10.5. The van der Waals surface area contributed by atoms with Crippen LogP contribution in [0, 0.1) is 0 Å². The van der Waals surface area contributed by atoms with E-state index in [-0.39, 0.29) is 30.1 Å². The van der Waals surface area contributed by atoms with Crippen LogP contribution >= 0.6 is 24.0 Å². The fourth-order valence-corrected chi connectivity index (χ4v) is 2.72. The summed E-state index contributed by atoms with van der Waals surface area (Å²) in [6.45, 7) is 7.50. The molecule has 0 fully saturated rings. The molecule has 0 aliphatic carbocycles. The molecule has 0 aliphatic heterocycles. The molecule has 0 heterocycles. The number of rotatable bonds is 9. The van der Waals surface area contributed by atoms with E-state index in [0.717, 1.165) is 29.2 Å². The van der Waals surface area contributed by atoms with Crippen LogP contribution in [0.25, 0.3) is 0 Å². The first kappa shape index (κ1) is 25.0. The van der Waals surface area contributed by atoms with Crippen LogP contribution in [0.5, 0.6) is 11.5 Å². The molecule has 1 unspecified atom stereocenters. The number of aliphatic imine (C=N–C) groups is 1. The van der Waals surface area contributed by atoms with E-state index in [4.69, 9.17) is 9.47 Å². The zero-order chi connectivity index (χ0) is 20.4. The van der Waals surface area contributed by atoms with Crippen molar-refractivity contribution in [2.75, 3.05) is 20.2 Å². The lowest BCUT2D eigenvalue weighted by atomic mass is 10.1. The Hall–Kier alpha value is -2.00. The summed E-state index contributed by atoms with van der Waals surface area (Å²) in [5.41, 5.74) is 1.80. The molecular formula is C22H32IN3O3. The highest BCUT2D eigenvalue weighted by atomic mass is 127. The number of aliphatic hydroxyl groups excluding tert-OH is 1. The van der Waals surface area contributed by atoms with Crippen LogP contribution in [-0.2, 0) is 6.54 Å². The molecule has 0 radical (unpaired) electrons. The number of halogens is 1. The van der Waals surface area contributed by atoms with Crippen LogP contribution in [0.1, 0.15) is 38.0 Å². The third kappa shape index (κ3) is 8.49. The van der Waals surface area contributed by atoms with E-state index in [9.17, 15) is 5.11 Å². The van der Waals surface area contributed by atoms with Gasteiger partial charge in [-0.15, -0.1) is 24.0 Å². The Balaban J connectivity index is 0.00000420. The lowest BCUT2D eigenvalue weighted by Crippen LogP contribution is -2.39. The highest BCUT2D eigenvalue weighted by Crippen LogP contribution is 2.20. The second-order valence-electron chi connectivity index (χ2n) is 6.64. The van der Waals surface area contributed by atoms with Crippen molar-refractivity contribution in [1.29, 1.82) is 0 Å². The molecule has 1 atom stereocenters. The maximum Gasteiger partial charge on any atom is 0.191 e. The van der Waals surface area contributed by atoms with Gasteiger partial charge in [0.1, 0.15) is 11.5 Å². The maximum absolute atomic E-state index is 10.5. The molecule has 0 bridgehead atoms. The predicted molar refractivity (Wildman–Crippen MR) is 128 cm³/mol. The molecule has 6 nitrogen and oxygen atoms in total. The van der Waals surface area contributed by atoms with Gasteiger partial charge in [-0.1, -0.05) is 30.3 Å². The quantitative estimate of drug-likeness (QED) is 0.270. The number of benzene rings is 2. The second-order valence-corrected chi connectivity index (χ2v) is 6.64. The Morgan fingerprint density at radius 2 is 1.86 bits per heavy atom. The number of ether oxygens (including phenoxy) is 2. The van der Waals surface area contributed by atoms with Crippen molar-refractivity contribution in [1.82, 2.24) is 10.6 Å². The number of nitrogens with zero attached hydrogens (tertiary/aromatic N) is 1. The van der Waals surface area contributed by atoms with Crippen molar-refractivity contribution in [3.8, 4) is 11.5 Å². The summed E-state index contributed by atoms with van der Waals surface area (Å²) in [4.78, 5) is 4.59. The summed E-state index contributed by atoms with van der Waals surface area (Å²) in [6.07, 6.45) is -0.584. The van der Waals surface area contributed by atoms with E-state index in [1.807, 2.05) is 69.3 Å². The van der Waals surface area contributed by atoms with Gasteiger partial charge in [0, 0.05) is 18.7 Å². The summed E-state index contributed by atoms with van der Waals surface area (Å²) in [5.74, 6) is 2.20. The van der Waals surface area contributed by atoms with Gasteiger partial charge < -0.3 is 25.2 Å². The van der Waals surface area contributed by atoms with Crippen molar-refractivity contribution in [3.63, 3.8) is 0 Å². The Morgan fingerprint density at radius 1 is 1.10 bits per heavy atom. The molecule has 2 aromatic rings. The minimum atomic E-state index is -0.675. The molecule has 160 valence electrons. The molecule has 7 heteroatoms. The van der Waals surface area contributed by atoms with E-state index in [2.05, 4.69) is 15.6 Å². The molecule has 0 aromatic heterocycles.